The minimum atomic E-state index is -1.07. The van der Waals surface area contributed by atoms with Crippen molar-refractivity contribution in [1.82, 2.24) is 9.88 Å². The van der Waals surface area contributed by atoms with Gasteiger partial charge < -0.3 is 9.84 Å². The van der Waals surface area contributed by atoms with Crippen LogP contribution in [0, 0.1) is 5.92 Å². The molecule has 1 aliphatic carbocycles. The average Bonchev–Trinajstić information content (AvgIpc) is 3.44. The van der Waals surface area contributed by atoms with Crippen LogP contribution in [0.4, 0.5) is 4.79 Å². The Hall–Kier alpha value is -2.38. The maximum Gasteiger partial charge on any atom is 0.290 e. The molecule has 7 heteroatoms. The van der Waals surface area contributed by atoms with Crippen molar-refractivity contribution in [3.8, 4) is 5.75 Å². The molecule has 0 bridgehead atoms. The molecular formula is C25H30N2O4S. The van der Waals surface area contributed by atoms with E-state index in [1.165, 1.54) is 5.56 Å². The van der Waals surface area contributed by atoms with Crippen LogP contribution in [0.15, 0.2) is 42.6 Å². The van der Waals surface area contributed by atoms with E-state index >= 15 is 0 Å². The molecule has 0 spiro atoms. The molecule has 32 heavy (non-hydrogen) atoms. The van der Waals surface area contributed by atoms with Crippen molar-refractivity contribution >= 4 is 22.9 Å². The molecule has 2 unspecified atom stereocenters. The zero-order chi connectivity index (χ0) is 22.5. The van der Waals surface area contributed by atoms with Gasteiger partial charge >= 0.3 is 0 Å². The quantitative estimate of drug-likeness (QED) is 0.638. The van der Waals surface area contributed by atoms with Crippen LogP contribution in [0.25, 0.3) is 0 Å². The van der Waals surface area contributed by atoms with Crippen LogP contribution >= 0.6 is 11.8 Å². The van der Waals surface area contributed by atoms with Gasteiger partial charge in [-0.3, -0.25) is 14.6 Å². The van der Waals surface area contributed by atoms with Gasteiger partial charge in [-0.2, -0.15) is 0 Å². The Morgan fingerprint density at radius 3 is 2.53 bits per heavy atom. The van der Waals surface area contributed by atoms with Gasteiger partial charge in [-0.05, 0) is 55.0 Å². The van der Waals surface area contributed by atoms with E-state index in [2.05, 4.69) is 18.0 Å². The van der Waals surface area contributed by atoms with Gasteiger partial charge in [0.1, 0.15) is 12.0 Å². The number of aliphatic hydroxyl groups excluding tert-OH is 1. The average molecular weight is 455 g/mol. The summed E-state index contributed by atoms with van der Waals surface area (Å²) in [6.07, 6.45) is 6.73. The van der Waals surface area contributed by atoms with Crippen LogP contribution in [0.5, 0.6) is 5.75 Å². The Kier molecular flexibility index (Phi) is 7.48. The topological polar surface area (TPSA) is 79.7 Å². The number of ether oxygens (including phenoxy) is 1. The minimum Gasteiger partial charge on any atom is -0.493 e. The number of amides is 2. The van der Waals surface area contributed by atoms with Crippen molar-refractivity contribution in [2.75, 3.05) is 6.61 Å². The van der Waals surface area contributed by atoms with Gasteiger partial charge in [-0.25, -0.2) is 4.90 Å². The highest BCUT2D eigenvalue weighted by Gasteiger charge is 2.45. The molecule has 2 fully saturated rings. The molecular weight excluding hydrogens is 424 g/mol. The van der Waals surface area contributed by atoms with Crippen LogP contribution < -0.4 is 4.74 Å². The molecule has 1 aromatic heterocycles. The number of nitrogens with zero attached hydrogens (tertiary/aromatic N) is 2. The van der Waals surface area contributed by atoms with E-state index in [1.807, 2.05) is 36.5 Å². The van der Waals surface area contributed by atoms with Crippen LogP contribution in [0.1, 0.15) is 49.4 Å². The van der Waals surface area contributed by atoms with Crippen LogP contribution in [-0.4, -0.2) is 44.2 Å². The first-order valence-electron chi connectivity index (χ1n) is 11.4. The Balaban J connectivity index is 1.27. The maximum atomic E-state index is 12.7. The summed E-state index contributed by atoms with van der Waals surface area (Å²) in [6, 6.07) is 11.8. The molecule has 0 radical (unpaired) electrons. The lowest BCUT2D eigenvalue weighted by atomic mass is 10.1. The van der Waals surface area contributed by atoms with Crippen LogP contribution in [0.2, 0.25) is 0 Å². The van der Waals surface area contributed by atoms with Crippen molar-refractivity contribution in [3.05, 3.63) is 59.4 Å². The van der Waals surface area contributed by atoms with E-state index < -0.39 is 6.23 Å². The first kappa shape index (κ1) is 22.8. The largest absolute Gasteiger partial charge is 0.493 e. The fourth-order valence-corrected chi connectivity index (χ4v) is 5.39. The Morgan fingerprint density at radius 1 is 1.16 bits per heavy atom. The third-order valence-corrected chi connectivity index (χ3v) is 7.38. The van der Waals surface area contributed by atoms with E-state index in [9.17, 15) is 14.7 Å². The third kappa shape index (κ3) is 5.33. The molecule has 2 aromatic rings. The Bertz CT molecular complexity index is 926. The number of carbonyl (C=O) groups is 2. The molecule has 2 aliphatic rings. The molecule has 170 valence electrons. The van der Waals surface area contributed by atoms with Gasteiger partial charge in [0.15, 0.2) is 0 Å². The molecule has 1 aliphatic heterocycles. The number of thioether (sulfide) groups is 1. The molecule has 1 N–H and O–H groups in total. The zero-order valence-electron chi connectivity index (χ0n) is 18.4. The normalized spacial score (nSPS) is 21.3. The van der Waals surface area contributed by atoms with Gasteiger partial charge in [0.05, 0.1) is 11.9 Å². The number of imide groups is 1. The molecule has 1 saturated heterocycles. The first-order valence-corrected chi connectivity index (χ1v) is 12.3. The van der Waals surface area contributed by atoms with Crippen molar-refractivity contribution in [2.45, 2.75) is 63.3 Å². The summed E-state index contributed by atoms with van der Waals surface area (Å²) in [5.74, 6) is 0.439. The summed E-state index contributed by atoms with van der Waals surface area (Å²) in [5, 5.41) is 9.97. The number of benzene rings is 1. The maximum absolute atomic E-state index is 12.7. The predicted molar refractivity (Wildman–Crippen MR) is 125 cm³/mol. The Morgan fingerprint density at radius 2 is 1.88 bits per heavy atom. The number of aliphatic hydroxyl groups is 1. The lowest BCUT2D eigenvalue weighted by Crippen LogP contribution is -2.44. The van der Waals surface area contributed by atoms with E-state index in [0.717, 1.165) is 72.2 Å². The molecule has 6 nitrogen and oxygen atoms in total. The fraction of sp³-hybridized carbons (Fsp3) is 0.480. The minimum absolute atomic E-state index is 0.121. The molecule has 2 amide bonds. The summed E-state index contributed by atoms with van der Waals surface area (Å²) in [5.41, 5.74) is 3.23. The van der Waals surface area contributed by atoms with E-state index in [1.54, 1.807) is 0 Å². The number of aromatic nitrogens is 1. The number of hydrogen-bond acceptors (Lipinski definition) is 6. The van der Waals surface area contributed by atoms with Crippen LogP contribution in [-0.2, 0) is 24.1 Å². The predicted octanol–water partition coefficient (Wildman–Crippen LogP) is 4.38. The lowest BCUT2D eigenvalue weighted by molar-refractivity contribution is -0.138. The summed E-state index contributed by atoms with van der Waals surface area (Å²) >= 11 is 1.06. The van der Waals surface area contributed by atoms with E-state index in [4.69, 9.17) is 4.74 Å². The molecule has 4 rings (SSSR count). The number of pyridine rings is 1. The van der Waals surface area contributed by atoms with Crippen molar-refractivity contribution in [1.29, 1.82) is 0 Å². The highest BCUT2D eigenvalue weighted by Crippen LogP contribution is 2.36. The van der Waals surface area contributed by atoms with E-state index in [-0.39, 0.29) is 22.3 Å². The lowest BCUT2D eigenvalue weighted by Gasteiger charge is -2.23. The second-order valence-electron chi connectivity index (χ2n) is 8.48. The molecule has 1 saturated carbocycles. The van der Waals surface area contributed by atoms with Crippen molar-refractivity contribution < 1.29 is 19.4 Å². The molecule has 2 atom stereocenters. The van der Waals surface area contributed by atoms with Gasteiger partial charge in [0, 0.05) is 24.2 Å². The zero-order valence-corrected chi connectivity index (χ0v) is 19.2. The summed E-state index contributed by atoms with van der Waals surface area (Å²) in [6.45, 7) is 2.65. The monoisotopic (exact) mass is 454 g/mol. The van der Waals surface area contributed by atoms with Gasteiger partial charge in [-0.15, -0.1) is 0 Å². The number of carbonyl (C=O) groups excluding carboxylic acids is 2. The highest BCUT2D eigenvalue weighted by atomic mass is 32.2. The third-order valence-electron chi connectivity index (χ3n) is 6.27. The standard InChI is InChI=1S/C25H30N2O4S/c1-2-17-7-10-20(26-16-17)13-14-31-21-11-8-18(9-12-21)15-22-24(29)27(25(30)32-22)23(28)19-5-3-4-6-19/h7-12,16,19,22,24,29H,2-6,13-15H2,1H3. The SMILES string of the molecule is CCc1ccc(CCOc2ccc(CC3SC(=O)N(C(=O)C4CCCC4)C3O)cc2)nc1. The van der Waals surface area contributed by atoms with Gasteiger partial charge in [-0.1, -0.05) is 49.7 Å². The van der Waals surface area contributed by atoms with Crippen LogP contribution in [0.3, 0.4) is 0 Å². The second kappa shape index (κ2) is 10.5. The first-order chi connectivity index (χ1) is 15.5. The summed E-state index contributed by atoms with van der Waals surface area (Å²) in [7, 11) is 0. The Labute approximate surface area is 193 Å². The highest BCUT2D eigenvalue weighted by molar-refractivity contribution is 8.14. The number of aryl methyl sites for hydroxylation is 1. The molecule has 2 heterocycles. The second-order valence-corrected chi connectivity index (χ2v) is 9.67. The van der Waals surface area contributed by atoms with Crippen molar-refractivity contribution in [3.63, 3.8) is 0 Å². The number of hydrogen-bond donors (Lipinski definition) is 1. The van der Waals surface area contributed by atoms with E-state index in [0.29, 0.717) is 13.0 Å². The summed E-state index contributed by atoms with van der Waals surface area (Å²) in [4.78, 5) is 30.6. The smallest absolute Gasteiger partial charge is 0.290 e. The molecule has 1 aromatic carbocycles. The van der Waals surface area contributed by atoms with Gasteiger partial charge in [0.2, 0.25) is 5.91 Å². The summed E-state index contributed by atoms with van der Waals surface area (Å²) < 4.78 is 5.83. The van der Waals surface area contributed by atoms with Crippen molar-refractivity contribution in [2.24, 2.45) is 5.92 Å². The fourth-order valence-electron chi connectivity index (χ4n) is 4.30. The number of rotatable bonds is 8. The van der Waals surface area contributed by atoms with Gasteiger partial charge in [0.25, 0.3) is 5.24 Å².